The maximum atomic E-state index is 12.4. The number of thiazole rings is 1. The van der Waals surface area contributed by atoms with Gasteiger partial charge in [0.2, 0.25) is 0 Å². The second kappa shape index (κ2) is 8.38. The van der Waals surface area contributed by atoms with Crippen LogP contribution < -0.4 is 5.32 Å². The Hall–Kier alpha value is -2.02. The molecule has 2 heterocycles. The van der Waals surface area contributed by atoms with Gasteiger partial charge in [0.05, 0.1) is 23.8 Å². The van der Waals surface area contributed by atoms with Crippen LogP contribution in [0.15, 0.2) is 48.0 Å². The fraction of sp³-hybridized carbons (Fsp3) is 0.263. The molecule has 4 nitrogen and oxygen atoms in total. The highest BCUT2D eigenvalue weighted by Crippen LogP contribution is 2.28. The lowest BCUT2D eigenvalue weighted by molar-refractivity contribution is 0.0651. The van der Waals surface area contributed by atoms with Crippen molar-refractivity contribution in [1.82, 2.24) is 10.3 Å². The van der Waals surface area contributed by atoms with Crippen LogP contribution in [0.3, 0.4) is 0 Å². The lowest BCUT2D eigenvalue weighted by atomic mass is 10.1. The number of nitrogens with one attached hydrogen (secondary N) is 1. The van der Waals surface area contributed by atoms with Crippen molar-refractivity contribution in [3.63, 3.8) is 0 Å². The van der Waals surface area contributed by atoms with E-state index in [1.165, 1.54) is 11.3 Å². The third kappa shape index (κ3) is 4.75. The molecule has 1 N–H and O–H groups in total. The number of carbonyl (C=O) groups excluding carboxylic acids is 1. The molecule has 3 aromatic rings. The molecule has 1 aromatic carbocycles. The first kappa shape index (κ1) is 17.8. The van der Waals surface area contributed by atoms with Gasteiger partial charge >= 0.3 is 0 Å². The number of carbonyl (C=O) groups is 1. The van der Waals surface area contributed by atoms with E-state index >= 15 is 0 Å². The largest absolute Gasteiger partial charge is 0.374 e. The van der Waals surface area contributed by atoms with E-state index in [0.29, 0.717) is 18.0 Å². The molecule has 0 aliphatic rings. The van der Waals surface area contributed by atoms with Crippen molar-refractivity contribution in [2.24, 2.45) is 0 Å². The van der Waals surface area contributed by atoms with E-state index in [4.69, 9.17) is 4.74 Å². The van der Waals surface area contributed by atoms with Crippen molar-refractivity contribution >= 4 is 28.6 Å². The molecule has 0 unspecified atom stereocenters. The number of benzene rings is 1. The van der Waals surface area contributed by atoms with Crippen molar-refractivity contribution < 1.29 is 9.53 Å². The quantitative estimate of drug-likeness (QED) is 0.652. The zero-order valence-corrected chi connectivity index (χ0v) is 15.8. The van der Waals surface area contributed by atoms with Gasteiger partial charge in [0.25, 0.3) is 5.91 Å². The SMILES string of the molecule is CC(C)OCc1ccccc1CNC(=O)c1cnc(-c2cccs2)s1. The number of rotatable bonds is 7. The average molecular weight is 373 g/mol. The minimum absolute atomic E-state index is 0.0973. The minimum atomic E-state index is -0.0973. The maximum absolute atomic E-state index is 12.4. The summed E-state index contributed by atoms with van der Waals surface area (Å²) in [4.78, 5) is 18.5. The van der Waals surface area contributed by atoms with Crippen molar-refractivity contribution in [2.75, 3.05) is 0 Å². The zero-order chi connectivity index (χ0) is 17.6. The van der Waals surface area contributed by atoms with E-state index in [0.717, 1.165) is 21.0 Å². The van der Waals surface area contributed by atoms with E-state index in [2.05, 4.69) is 10.3 Å². The van der Waals surface area contributed by atoms with Crippen molar-refractivity contribution in [2.45, 2.75) is 33.1 Å². The standard InChI is InChI=1S/C19H20N2O2S2/c1-13(2)23-12-15-7-4-3-6-14(15)10-20-18(22)17-11-21-19(25-17)16-8-5-9-24-16/h3-9,11,13H,10,12H2,1-2H3,(H,20,22). The third-order valence-corrected chi connectivity index (χ3v) is 5.63. The summed E-state index contributed by atoms with van der Waals surface area (Å²) in [5.41, 5.74) is 2.17. The van der Waals surface area contributed by atoms with Gasteiger partial charge in [-0.05, 0) is 36.4 Å². The van der Waals surface area contributed by atoms with Crippen LogP contribution in [-0.2, 0) is 17.9 Å². The number of nitrogens with zero attached hydrogens (tertiary/aromatic N) is 1. The van der Waals surface area contributed by atoms with Gasteiger partial charge in [-0.3, -0.25) is 4.79 Å². The molecular weight excluding hydrogens is 352 g/mol. The lowest BCUT2D eigenvalue weighted by Gasteiger charge is -2.12. The Morgan fingerprint density at radius 2 is 2.00 bits per heavy atom. The number of aromatic nitrogens is 1. The number of amides is 1. The molecule has 6 heteroatoms. The van der Waals surface area contributed by atoms with Crippen molar-refractivity contribution in [1.29, 1.82) is 0 Å². The molecule has 0 saturated heterocycles. The van der Waals surface area contributed by atoms with Gasteiger partial charge in [0.15, 0.2) is 0 Å². The molecule has 3 rings (SSSR count). The summed E-state index contributed by atoms with van der Waals surface area (Å²) in [6, 6.07) is 12.0. The van der Waals surface area contributed by atoms with Crippen LogP contribution in [-0.4, -0.2) is 17.0 Å². The monoisotopic (exact) mass is 372 g/mol. The molecule has 130 valence electrons. The topological polar surface area (TPSA) is 51.2 Å². The molecular formula is C19H20N2O2S2. The normalized spacial score (nSPS) is 11.0. The molecule has 2 aromatic heterocycles. The van der Waals surface area contributed by atoms with Crippen molar-refractivity contribution in [3.8, 4) is 9.88 Å². The van der Waals surface area contributed by atoms with Gasteiger partial charge < -0.3 is 10.1 Å². The number of hydrogen-bond acceptors (Lipinski definition) is 5. The lowest BCUT2D eigenvalue weighted by Crippen LogP contribution is -2.22. The second-order valence-corrected chi connectivity index (χ2v) is 7.80. The summed E-state index contributed by atoms with van der Waals surface area (Å²) >= 11 is 3.04. The Kier molecular flexibility index (Phi) is 5.96. The zero-order valence-electron chi connectivity index (χ0n) is 14.2. The summed E-state index contributed by atoms with van der Waals surface area (Å²) in [6.45, 7) is 5.05. The van der Waals surface area contributed by atoms with E-state index in [9.17, 15) is 4.79 Å². The second-order valence-electron chi connectivity index (χ2n) is 5.82. The van der Waals surface area contributed by atoms with E-state index in [-0.39, 0.29) is 12.0 Å². The number of ether oxygens (including phenoxy) is 1. The summed E-state index contributed by atoms with van der Waals surface area (Å²) < 4.78 is 5.69. The van der Waals surface area contributed by atoms with Gasteiger partial charge in [-0.1, -0.05) is 30.3 Å². The highest BCUT2D eigenvalue weighted by molar-refractivity contribution is 7.21. The van der Waals surface area contributed by atoms with Crippen molar-refractivity contribution in [3.05, 3.63) is 64.0 Å². The first-order valence-corrected chi connectivity index (χ1v) is 9.79. The summed E-state index contributed by atoms with van der Waals surface area (Å²) in [7, 11) is 0. The Morgan fingerprint density at radius 1 is 1.20 bits per heavy atom. The fourth-order valence-electron chi connectivity index (χ4n) is 2.28. The first-order chi connectivity index (χ1) is 12.1. The van der Waals surface area contributed by atoms with Crippen LogP contribution >= 0.6 is 22.7 Å². The fourth-order valence-corrected chi connectivity index (χ4v) is 3.92. The van der Waals surface area contributed by atoms with E-state index < -0.39 is 0 Å². The molecule has 0 fully saturated rings. The highest BCUT2D eigenvalue weighted by atomic mass is 32.1. The molecule has 1 amide bonds. The predicted octanol–water partition coefficient (Wildman–Crippen LogP) is 4.73. The molecule has 25 heavy (non-hydrogen) atoms. The Labute approximate surface area is 155 Å². The smallest absolute Gasteiger partial charge is 0.263 e. The molecule has 0 bridgehead atoms. The van der Waals surface area contributed by atoms with Crippen LogP contribution in [0.4, 0.5) is 0 Å². The van der Waals surface area contributed by atoms with Gasteiger partial charge in [0.1, 0.15) is 9.88 Å². The highest BCUT2D eigenvalue weighted by Gasteiger charge is 2.13. The van der Waals surface area contributed by atoms with Crippen LogP contribution in [0.5, 0.6) is 0 Å². The van der Waals surface area contributed by atoms with Gasteiger partial charge in [0, 0.05) is 6.54 Å². The van der Waals surface area contributed by atoms with E-state index in [1.807, 2.05) is 55.6 Å². The maximum Gasteiger partial charge on any atom is 0.263 e. The minimum Gasteiger partial charge on any atom is -0.374 e. The van der Waals surface area contributed by atoms with Gasteiger partial charge in [-0.25, -0.2) is 4.98 Å². The van der Waals surface area contributed by atoms with Crippen LogP contribution in [0.1, 0.15) is 34.6 Å². The summed E-state index contributed by atoms with van der Waals surface area (Å²) in [5, 5.41) is 5.87. The third-order valence-electron chi connectivity index (χ3n) is 3.59. The number of thiophene rings is 1. The predicted molar refractivity (Wildman–Crippen MR) is 103 cm³/mol. The number of hydrogen-bond donors (Lipinski definition) is 1. The summed E-state index contributed by atoms with van der Waals surface area (Å²) in [6.07, 6.45) is 1.82. The molecule has 0 aliphatic heterocycles. The Balaban J connectivity index is 1.63. The molecule has 0 radical (unpaired) electrons. The van der Waals surface area contributed by atoms with E-state index in [1.54, 1.807) is 17.5 Å². The van der Waals surface area contributed by atoms with Crippen LogP contribution in [0.25, 0.3) is 9.88 Å². The molecule has 0 aliphatic carbocycles. The Bertz CT molecular complexity index is 826. The van der Waals surface area contributed by atoms with Crippen LogP contribution in [0.2, 0.25) is 0 Å². The van der Waals surface area contributed by atoms with Crippen LogP contribution in [0, 0.1) is 0 Å². The molecule has 0 spiro atoms. The average Bonchev–Trinajstić information content (AvgIpc) is 3.29. The first-order valence-electron chi connectivity index (χ1n) is 8.10. The van der Waals surface area contributed by atoms with Gasteiger partial charge in [-0.15, -0.1) is 22.7 Å². The summed E-state index contributed by atoms with van der Waals surface area (Å²) in [5.74, 6) is -0.0973. The Morgan fingerprint density at radius 3 is 2.72 bits per heavy atom. The molecule has 0 atom stereocenters. The van der Waals surface area contributed by atoms with Gasteiger partial charge in [-0.2, -0.15) is 0 Å². The molecule has 0 saturated carbocycles.